The Morgan fingerprint density at radius 1 is 1.31 bits per heavy atom. The SMILES string of the molecule is CNCCCC(=O)NC(C(N)=O)C(C)C.Cl. The minimum absolute atomic E-state index is 0. The highest BCUT2D eigenvalue weighted by molar-refractivity contribution is 5.86. The molecule has 2 amide bonds. The number of carbonyl (C=O) groups is 2. The number of nitrogens with two attached hydrogens (primary N) is 1. The second-order valence-corrected chi connectivity index (χ2v) is 3.90. The monoisotopic (exact) mass is 251 g/mol. The van der Waals surface area contributed by atoms with E-state index in [1.54, 1.807) is 0 Å². The van der Waals surface area contributed by atoms with Crippen molar-refractivity contribution < 1.29 is 9.59 Å². The number of rotatable bonds is 7. The molecule has 0 aliphatic heterocycles. The molecule has 0 radical (unpaired) electrons. The van der Waals surface area contributed by atoms with Crippen LogP contribution in [0.4, 0.5) is 0 Å². The van der Waals surface area contributed by atoms with Crippen molar-refractivity contribution in [1.29, 1.82) is 0 Å². The highest BCUT2D eigenvalue weighted by Gasteiger charge is 2.20. The summed E-state index contributed by atoms with van der Waals surface area (Å²) in [7, 11) is 1.83. The largest absolute Gasteiger partial charge is 0.368 e. The van der Waals surface area contributed by atoms with Crippen LogP contribution in [0.3, 0.4) is 0 Å². The molecular weight excluding hydrogens is 230 g/mol. The Bertz CT molecular complexity index is 222. The second kappa shape index (κ2) is 9.42. The van der Waals surface area contributed by atoms with Gasteiger partial charge in [-0.2, -0.15) is 0 Å². The summed E-state index contributed by atoms with van der Waals surface area (Å²) < 4.78 is 0. The molecule has 0 fully saturated rings. The zero-order valence-corrected chi connectivity index (χ0v) is 10.9. The van der Waals surface area contributed by atoms with Gasteiger partial charge in [-0.1, -0.05) is 13.8 Å². The average molecular weight is 252 g/mol. The van der Waals surface area contributed by atoms with Gasteiger partial charge in [0.15, 0.2) is 0 Å². The lowest BCUT2D eigenvalue weighted by molar-refractivity contribution is -0.128. The van der Waals surface area contributed by atoms with Crippen LogP contribution in [-0.4, -0.2) is 31.4 Å². The first-order chi connectivity index (χ1) is 6.99. The number of primary amides is 1. The van der Waals surface area contributed by atoms with E-state index in [1.165, 1.54) is 0 Å². The smallest absolute Gasteiger partial charge is 0.240 e. The maximum atomic E-state index is 11.4. The first kappa shape index (κ1) is 17.6. The molecule has 1 atom stereocenters. The van der Waals surface area contributed by atoms with E-state index in [9.17, 15) is 9.59 Å². The van der Waals surface area contributed by atoms with Crippen molar-refractivity contribution in [3.8, 4) is 0 Å². The second-order valence-electron chi connectivity index (χ2n) is 3.90. The summed E-state index contributed by atoms with van der Waals surface area (Å²) in [5.74, 6) is -0.578. The average Bonchev–Trinajstić information content (AvgIpc) is 2.13. The third-order valence-electron chi connectivity index (χ3n) is 2.12. The number of hydrogen-bond donors (Lipinski definition) is 3. The van der Waals surface area contributed by atoms with Gasteiger partial charge in [0.1, 0.15) is 6.04 Å². The number of nitrogens with one attached hydrogen (secondary N) is 2. The van der Waals surface area contributed by atoms with Crippen molar-refractivity contribution in [2.75, 3.05) is 13.6 Å². The Hall–Kier alpha value is -0.810. The summed E-state index contributed by atoms with van der Waals surface area (Å²) >= 11 is 0. The standard InChI is InChI=1S/C10H21N3O2.ClH/c1-7(2)9(10(11)15)13-8(14)5-4-6-12-3;/h7,9,12H,4-6H2,1-3H3,(H2,11,15)(H,13,14);1H. The first-order valence-electron chi connectivity index (χ1n) is 5.22. The summed E-state index contributed by atoms with van der Waals surface area (Å²) in [6.07, 6.45) is 1.17. The van der Waals surface area contributed by atoms with Gasteiger partial charge in [0, 0.05) is 6.42 Å². The topological polar surface area (TPSA) is 84.2 Å². The fourth-order valence-corrected chi connectivity index (χ4v) is 1.24. The zero-order valence-electron chi connectivity index (χ0n) is 10.1. The van der Waals surface area contributed by atoms with E-state index in [-0.39, 0.29) is 24.2 Å². The van der Waals surface area contributed by atoms with Gasteiger partial charge >= 0.3 is 0 Å². The van der Waals surface area contributed by atoms with E-state index in [2.05, 4.69) is 10.6 Å². The lowest BCUT2D eigenvalue weighted by Crippen LogP contribution is -2.47. The maximum Gasteiger partial charge on any atom is 0.240 e. The van der Waals surface area contributed by atoms with E-state index < -0.39 is 11.9 Å². The molecule has 0 aromatic heterocycles. The molecule has 96 valence electrons. The minimum Gasteiger partial charge on any atom is -0.368 e. The number of amides is 2. The van der Waals surface area contributed by atoms with Crippen molar-refractivity contribution in [2.24, 2.45) is 11.7 Å². The van der Waals surface area contributed by atoms with Crippen LogP contribution in [0.1, 0.15) is 26.7 Å². The van der Waals surface area contributed by atoms with Gasteiger partial charge in [-0.3, -0.25) is 9.59 Å². The maximum absolute atomic E-state index is 11.4. The predicted molar refractivity (Wildman–Crippen MR) is 66.4 cm³/mol. The van der Waals surface area contributed by atoms with E-state index in [0.717, 1.165) is 13.0 Å². The molecule has 1 unspecified atom stereocenters. The van der Waals surface area contributed by atoms with Crippen molar-refractivity contribution in [3.05, 3.63) is 0 Å². The van der Waals surface area contributed by atoms with Gasteiger partial charge in [0.2, 0.25) is 11.8 Å². The lowest BCUT2D eigenvalue weighted by Gasteiger charge is -2.18. The Morgan fingerprint density at radius 3 is 2.25 bits per heavy atom. The molecule has 0 bridgehead atoms. The van der Waals surface area contributed by atoms with E-state index in [4.69, 9.17) is 5.73 Å². The Labute approximate surface area is 103 Å². The quantitative estimate of drug-likeness (QED) is 0.559. The predicted octanol–water partition coefficient (Wildman–Crippen LogP) is 0.0339. The molecule has 4 N–H and O–H groups in total. The Morgan fingerprint density at radius 2 is 1.88 bits per heavy atom. The van der Waals surface area contributed by atoms with Gasteiger partial charge in [-0.25, -0.2) is 0 Å². The molecule has 0 spiro atoms. The van der Waals surface area contributed by atoms with E-state index in [1.807, 2.05) is 20.9 Å². The van der Waals surface area contributed by atoms with Gasteiger partial charge < -0.3 is 16.4 Å². The normalized spacial score (nSPS) is 11.8. The molecule has 0 heterocycles. The van der Waals surface area contributed by atoms with Crippen molar-refractivity contribution in [2.45, 2.75) is 32.7 Å². The fourth-order valence-electron chi connectivity index (χ4n) is 1.24. The van der Waals surface area contributed by atoms with Crippen LogP contribution in [0.15, 0.2) is 0 Å². The Balaban J connectivity index is 0. The molecule has 0 aromatic carbocycles. The first-order valence-corrected chi connectivity index (χ1v) is 5.22. The zero-order chi connectivity index (χ0) is 11.8. The molecule has 6 heteroatoms. The number of carbonyl (C=O) groups excluding carboxylic acids is 2. The van der Waals surface area contributed by atoms with Crippen LogP contribution in [0, 0.1) is 5.92 Å². The molecule has 5 nitrogen and oxygen atoms in total. The van der Waals surface area contributed by atoms with Crippen molar-refractivity contribution in [1.82, 2.24) is 10.6 Å². The minimum atomic E-state index is -0.563. The Kier molecular flexibility index (Phi) is 10.3. The fraction of sp³-hybridized carbons (Fsp3) is 0.800. The van der Waals surface area contributed by atoms with E-state index in [0.29, 0.717) is 6.42 Å². The van der Waals surface area contributed by atoms with Crippen LogP contribution < -0.4 is 16.4 Å². The molecule has 0 rings (SSSR count). The summed E-state index contributed by atoms with van der Waals surface area (Å²) in [6, 6.07) is -0.563. The van der Waals surface area contributed by atoms with E-state index >= 15 is 0 Å². The molecule has 0 saturated carbocycles. The number of hydrogen-bond acceptors (Lipinski definition) is 3. The highest BCUT2D eigenvalue weighted by Crippen LogP contribution is 2.01. The van der Waals surface area contributed by atoms with Crippen LogP contribution in [0.25, 0.3) is 0 Å². The molecule has 0 aliphatic rings. The molecule has 0 aromatic rings. The lowest BCUT2D eigenvalue weighted by atomic mass is 10.0. The van der Waals surface area contributed by atoms with Crippen LogP contribution in [0.2, 0.25) is 0 Å². The third kappa shape index (κ3) is 7.48. The van der Waals surface area contributed by atoms with Crippen molar-refractivity contribution in [3.63, 3.8) is 0 Å². The van der Waals surface area contributed by atoms with Crippen LogP contribution >= 0.6 is 12.4 Å². The molecule has 0 aliphatic carbocycles. The summed E-state index contributed by atoms with van der Waals surface area (Å²) in [5, 5.41) is 5.58. The number of halogens is 1. The highest BCUT2D eigenvalue weighted by atomic mass is 35.5. The third-order valence-corrected chi connectivity index (χ3v) is 2.12. The van der Waals surface area contributed by atoms with Gasteiger partial charge in [-0.15, -0.1) is 12.4 Å². The summed E-state index contributed by atoms with van der Waals surface area (Å²) in [5.41, 5.74) is 5.17. The van der Waals surface area contributed by atoms with Gasteiger partial charge in [0.25, 0.3) is 0 Å². The molecular formula is C10H22ClN3O2. The summed E-state index contributed by atoms with van der Waals surface area (Å²) in [6.45, 7) is 4.49. The van der Waals surface area contributed by atoms with Gasteiger partial charge in [-0.05, 0) is 25.9 Å². The van der Waals surface area contributed by atoms with Crippen LogP contribution in [-0.2, 0) is 9.59 Å². The van der Waals surface area contributed by atoms with Crippen molar-refractivity contribution >= 4 is 24.2 Å². The summed E-state index contributed by atoms with van der Waals surface area (Å²) in [4.78, 5) is 22.4. The van der Waals surface area contributed by atoms with Gasteiger partial charge in [0.05, 0.1) is 0 Å². The molecule has 0 saturated heterocycles. The molecule has 16 heavy (non-hydrogen) atoms. The van der Waals surface area contributed by atoms with Crippen LogP contribution in [0.5, 0.6) is 0 Å².